The van der Waals surface area contributed by atoms with Gasteiger partial charge in [-0.1, -0.05) is 34.2 Å². The van der Waals surface area contributed by atoms with Crippen LogP contribution in [0.1, 0.15) is 12.1 Å². The minimum absolute atomic E-state index is 0.0156. The van der Waals surface area contributed by atoms with Crippen LogP contribution in [0.5, 0.6) is 0 Å². The second kappa shape index (κ2) is 11.2. The number of amides is 2. The number of thioether (sulfide) groups is 1. The summed E-state index contributed by atoms with van der Waals surface area (Å²) in [4.78, 5) is 48.4. The third kappa shape index (κ3) is 5.31. The molecular formula is C21H22ClN7O5S2. The number of carbonyl (C=O) groups excluding carboxylic acids is 3. The molecule has 0 unspecified atom stereocenters. The topological polar surface area (TPSA) is 180 Å². The van der Waals surface area contributed by atoms with Crippen LogP contribution in [0.25, 0.3) is 0 Å². The number of anilines is 1. The number of aromatic nitrogens is 2. The first-order valence-corrected chi connectivity index (χ1v) is 13.0. The Morgan fingerprint density at radius 1 is 1.36 bits per heavy atom. The zero-order chi connectivity index (χ0) is 25.8. The maximum absolute atomic E-state index is 13.1. The van der Waals surface area contributed by atoms with Gasteiger partial charge in [0.05, 0.1) is 11.7 Å². The molecule has 0 aliphatic carbocycles. The summed E-state index contributed by atoms with van der Waals surface area (Å²) in [5.74, 6) is -2.46. The van der Waals surface area contributed by atoms with Crippen LogP contribution in [0.2, 0.25) is 4.34 Å². The first kappa shape index (κ1) is 25.9. The van der Waals surface area contributed by atoms with Crippen LogP contribution in [0.15, 0.2) is 47.0 Å². The van der Waals surface area contributed by atoms with Crippen LogP contribution in [0.3, 0.4) is 0 Å². The average Bonchev–Trinajstić information content (AvgIpc) is 3.19. The van der Waals surface area contributed by atoms with Crippen molar-refractivity contribution in [2.75, 3.05) is 24.6 Å². The van der Waals surface area contributed by atoms with E-state index >= 15 is 0 Å². The predicted molar refractivity (Wildman–Crippen MR) is 131 cm³/mol. The van der Waals surface area contributed by atoms with E-state index in [1.165, 1.54) is 11.8 Å². The molecule has 2 aliphatic heterocycles. The maximum atomic E-state index is 13.1. The van der Waals surface area contributed by atoms with Gasteiger partial charge in [0.15, 0.2) is 29.8 Å². The number of fused-ring (bicyclic) bond motifs is 1. The van der Waals surface area contributed by atoms with E-state index in [4.69, 9.17) is 27.9 Å². The lowest BCUT2D eigenvalue weighted by Gasteiger charge is -2.50. The number of carboxylic acid groups (broad SMARTS) is 1. The van der Waals surface area contributed by atoms with E-state index < -0.39 is 29.2 Å². The molecule has 2 atom stereocenters. The maximum Gasteiger partial charge on any atom is 0.276 e. The summed E-state index contributed by atoms with van der Waals surface area (Å²) in [6.45, 7) is 0.804. The van der Waals surface area contributed by atoms with Gasteiger partial charge in [0.1, 0.15) is 28.1 Å². The van der Waals surface area contributed by atoms with E-state index in [1.54, 1.807) is 17.0 Å². The lowest BCUT2D eigenvalue weighted by molar-refractivity contribution is -0.689. The van der Waals surface area contributed by atoms with Crippen molar-refractivity contribution in [1.29, 1.82) is 0 Å². The number of oxime groups is 1. The van der Waals surface area contributed by atoms with Crippen molar-refractivity contribution in [3.8, 4) is 0 Å². The van der Waals surface area contributed by atoms with Crippen LogP contribution >= 0.6 is 34.7 Å². The minimum Gasteiger partial charge on any atom is -0.543 e. The Labute approximate surface area is 218 Å². The highest BCUT2D eigenvalue weighted by Gasteiger charge is 2.53. The Morgan fingerprint density at radius 2 is 2.11 bits per heavy atom. The third-order valence-corrected chi connectivity index (χ3v) is 7.74. The van der Waals surface area contributed by atoms with Crippen molar-refractivity contribution in [2.45, 2.75) is 24.4 Å². The molecule has 0 saturated carbocycles. The number of nitrogens with zero attached hydrogens (tertiary/aromatic N) is 4. The number of rotatable bonds is 10. The van der Waals surface area contributed by atoms with Gasteiger partial charge in [0, 0.05) is 23.5 Å². The lowest BCUT2D eigenvalue weighted by Crippen LogP contribution is -2.71. The van der Waals surface area contributed by atoms with Gasteiger partial charge in [-0.3, -0.25) is 14.5 Å². The number of carboxylic acids is 1. The van der Waals surface area contributed by atoms with Gasteiger partial charge in [-0.2, -0.15) is 0 Å². The van der Waals surface area contributed by atoms with E-state index in [0.717, 1.165) is 16.2 Å². The zero-order valence-corrected chi connectivity index (χ0v) is 21.1. The molecule has 2 aromatic heterocycles. The number of hydrogen-bond acceptors (Lipinski definition) is 11. The number of hydrogen-bond donors (Lipinski definition) is 3. The van der Waals surface area contributed by atoms with Crippen molar-refractivity contribution in [3.63, 3.8) is 0 Å². The Balaban J connectivity index is 1.53. The molecule has 190 valence electrons. The molecule has 2 amide bonds. The smallest absolute Gasteiger partial charge is 0.276 e. The highest BCUT2D eigenvalue weighted by atomic mass is 35.5. The first-order chi connectivity index (χ1) is 17.3. The molecule has 4 heterocycles. The summed E-state index contributed by atoms with van der Waals surface area (Å²) < 4.78 is 1.93. The fourth-order valence-electron chi connectivity index (χ4n) is 3.68. The zero-order valence-electron chi connectivity index (χ0n) is 18.8. The van der Waals surface area contributed by atoms with Gasteiger partial charge < -0.3 is 31.5 Å². The first-order valence-electron chi connectivity index (χ1n) is 10.8. The summed E-state index contributed by atoms with van der Waals surface area (Å²) >= 11 is 8.46. The van der Waals surface area contributed by atoms with E-state index in [0.29, 0.717) is 24.3 Å². The number of nitrogens with one attached hydrogen (secondary N) is 1. The molecule has 0 radical (unpaired) electrons. The summed E-state index contributed by atoms with van der Waals surface area (Å²) in [6, 6.07) is 4.49. The molecule has 15 heteroatoms. The van der Waals surface area contributed by atoms with Crippen LogP contribution in [0, 0.1) is 0 Å². The highest BCUT2D eigenvalue weighted by Crippen LogP contribution is 2.40. The minimum atomic E-state index is -1.45. The Hall–Kier alpha value is -3.20. The van der Waals surface area contributed by atoms with Gasteiger partial charge in [-0.05, 0) is 13.0 Å². The third-order valence-electron chi connectivity index (χ3n) is 5.32. The standard InChI is InChI=1S/C21H22ClN7O5S2/c22-16-12(26-21(24)36-16)13(27-34-8-4-5-23)17(30)25-14-18(31)29-15(20(32)33)11(10-35-19(14)29)9-28-6-2-1-3-7-28/h1-3,6-7,14,19H,4-5,8-10,23H2,(H3-,24,25,26,30,32,33)/b27-13-/t14-,19+/m1/s1. The molecule has 4 rings (SSSR count). The molecule has 2 aromatic rings. The quantitative estimate of drug-likeness (QED) is 0.108. The second-order valence-electron chi connectivity index (χ2n) is 7.74. The number of β-lactam (4-membered cyclic amide) rings is 1. The van der Waals surface area contributed by atoms with Crippen LogP contribution in [0.4, 0.5) is 5.13 Å². The normalized spacial score (nSPS) is 19.6. The fourth-order valence-corrected chi connectivity index (χ4v) is 5.94. The Bertz CT molecular complexity index is 1240. The highest BCUT2D eigenvalue weighted by molar-refractivity contribution is 8.00. The van der Waals surface area contributed by atoms with E-state index in [1.807, 2.05) is 18.2 Å². The van der Waals surface area contributed by atoms with Gasteiger partial charge in [0.2, 0.25) is 0 Å². The van der Waals surface area contributed by atoms with E-state index in [9.17, 15) is 19.5 Å². The van der Waals surface area contributed by atoms with Crippen molar-refractivity contribution < 1.29 is 28.9 Å². The molecule has 36 heavy (non-hydrogen) atoms. The Kier molecular flexibility index (Phi) is 8.08. The largest absolute Gasteiger partial charge is 0.543 e. The molecule has 0 aromatic carbocycles. The number of pyridine rings is 1. The van der Waals surface area contributed by atoms with Crippen molar-refractivity contribution in [3.05, 3.63) is 51.9 Å². The molecule has 5 N–H and O–H groups in total. The van der Waals surface area contributed by atoms with E-state index in [-0.39, 0.29) is 39.7 Å². The molecule has 12 nitrogen and oxygen atoms in total. The lowest BCUT2D eigenvalue weighted by atomic mass is 10.0. The van der Waals surface area contributed by atoms with Crippen molar-refractivity contribution in [1.82, 2.24) is 15.2 Å². The molecule has 0 spiro atoms. The monoisotopic (exact) mass is 551 g/mol. The van der Waals surface area contributed by atoms with Gasteiger partial charge >= 0.3 is 0 Å². The summed E-state index contributed by atoms with van der Waals surface area (Å²) in [7, 11) is 0. The Morgan fingerprint density at radius 3 is 2.75 bits per heavy atom. The number of carbonyl (C=O) groups is 3. The van der Waals surface area contributed by atoms with Crippen LogP contribution < -0.4 is 26.5 Å². The SMILES string of the molecule is NCCCO/N=C(\C(=O)N[C@@H]1C(=O)N2C(C(=O)[O-])=C(C[n+]3ccccc3)CS[C@@H]12)c1nc(N)sc1Cl. The fraction of sp³-hybridized carbons (Fsp3) is 0.333. The number of nitrogens with two attached hydrogens (primary N) is 2. The van der Waals surface area contributed by atoms with Gasteiger partial charge in [-0.25, -0.2) is 9.55 Å². The summed E-state index contributed by atoms with van der Waals surface area (Å²) in [5.41, 5.74) is 11.3. The molecule has 1 saturated heterocycles. The van der Waals surface area contributed by atoms with Crippen LogP contribution in [-0.4, -0.2) is 63.7 Å². The van der Waals surface area contributed by atoms with E-state index in [2.05, 4.69) is 15.5 Å². The number of aliphatic carboxylic acids is 1. The number of nitrogen functional groups attached to an aromatic ring is 1. The number of thiazole rings is 1. The summed E-state index contributed by atoms with van der Waals surface area (Å²) in [5, 5.41) is 17.9. The summed E-state index contributed by atoms with van der Waals surface area (Å²) in [6.07, 6.45) is 4.09. The predicted octanol–water partition coefficient (Wildman–Crippen LogP) is -1.16. The van der Waals surface area contributed by atoms with Crippen molar-refractivity contribution in [2.24, 2.45) is 10.9 Å². The van der Waals surface area contributed by atoms with Crippen molar-refractivity contribution >= 4 is 63.3 Å². The number of halogens is 1. The molecular weight excluding hydrogens is 530 g/mol. The average molecular weight is 552 g/mol. The van der Waals surface area contributed by atoms with Gasteiger partial charge in [0.25, 0.3) is 11.8 Å². The van der Waals surface area contributed by atoms with Gasteiger partial charge in [-0.15, -0.1) is 11.8 Å². The van der Waals surface area contributed by atoms with Crippen LogP contribution in [-0.2, 0) is 25.8 Å². The second-order valence-corrected chi connectivity index (χ2v) is 10.5. The molecule has 0 bridgehead atoms. The molecule has 1 fully saturated rings. The molecule has 2 aliphatic rings.